The van der Waals surface area contributed by atoms with Gasteiger partial charge in [0.2, 0.25) is 15.9 Å². The highest BCUT2D eigenvalue weighted by atomic mass is 79.9. The molecule has 1 aliphatic heterocycles. The minimum atomic E-state index is -3.51. The molecule has 29 heavy (non-hydrogen) atoms. The highest BCUT2D eigenvalue weighted by molar-refractivity contribution is 9.10. The normalized spacial score (nSPS) is 16.6. The number of morpholine rings is 1. The number of amides is 1. The molecule has 8 heteroatoms. The highest BCUT2D eigenvalue weighted by Gasteiger charge is 2.25. The number of nitrogens with zero attached hydrogens (tertiary/aromatic N) is 1. The van der Waals surface area contributed by atoms with Crippen LogP contribution in [0.15, 0.2) is 64.0 Å². The van der Waals surface area contributed by atoms with Crippen LogP contribution in [-0.2, 0) is 19.6 Å². The summed E-state index contributed by atoms with van der Waals surface area (Å²) in [6.07, 6.45) is 3.11. The molecule has 3 rings (SSSR count). The molecule has 1 N–H and O–H groups in total. The van der Waals surface area contributed by atoms with E-state index in [1.54, 1.807) is 30.3 Å². The van der Waals surface area contributed by atoms with Gasteiger partial charge in [0.25, 0.3) is 0 Å². The minimum Gasteiger partial charge on any atom is -0.379 e. The molecule has 0 bridgehead atoms. The van der Waals surface area contributed by atoms with Crippen molar-refractivity contribution in [2.45, 2.75) is 17.9 Å². The Morgan fingerprint density at radius 3 is 2.34 bits per heavy atom. The SMILES string of the molecule is CC(NC(=O)C=Cc1ccc(S(=O)(=O)N2CCOCC2)cc1)c1ccc(Br)cc1. The number of sulfonamides is 1. The molecule has 1 amide bonds. The van der Waals surface area contributed by atoms with Gasteiger partial charge in [0.1, 0.15) is 0 Å². The lowest BCUT2D eigenvalue weighted by molar-refractivity contribution is -0.117. The minimum absolute atomic E-state index is 0.124. The molecule has 154 valence electrons. The van der Waals surface area contributed by atoms with Gasteiger partial charge < -0.3 is 10.1 Å². The smallest absolute Gasteiger partial charge is 0.244 e. The Morgan fingerprint density at radius 2 is 1.72 bits per heavy atom. The molecule has 0 aromatic heterocycles. The first-order valence-corrected chi connectivity index (χ1v) is 11.5. The van der Waals surface area contributed by atoms with E-state index in [1.807, 2.05) is 31.2 Å². The van der Waals surface area contributed by atoms with Crippen LogP contribution in [-0.4, -0.2) is 44.9 Å². The lowest BCUT2D eigenvalue weighted by Gasteiger charge is -2.26. The Labute approximate surface area is 179 Å². The molecular formula is C21H23BrN2O4S. The summed E-state index contributed by atoms with van der Waals surface area (Å²) in [7, 11) is -3.51. The van der Waals surface area contributed by atoms with Gasteiger partial charge in [-0.05, 0) is 48.4 Å². The topological polar surface area (TPSA) is 75.7 Å². The van der Waals surface area contributed by atoms with Crippen molar-refractivity contribution < 1.29 is 17.9 Å². The fourth-order valence-corrected chi connectivity index (χ4v) is 4.63. The summed E-state index contributed by atoms with van der Waals surface area (Å²) in [6.45, 7) is 3.46. The Kier molecular flexibility index (Phi) is 7.23. The molecule has 1 fully saturated rings. The van der Waals surface area contributed by atoms with E-state index in [0.29, 0.717) is 26.3 Å². The van der Waals surface area contributed by atoms with Crippen LogP contribution in [0.3, 0.4) is 0 Å². The molecule has 2 aromatic rings. The largest absolute Gasteiger partial charge is 0.379 e. The van der Waals surface area contributed by atoms with E-state index >= 15 is 0 Å². The maximum absolute atomic E-state index is 12.6. The van der Waals surface area contributed by atoms with E-state index in [2.05, 4.69) is 21.2 Å². The highest BCUT2D eigenvalue weighted by Crippen LogP contribution is 2.19. The number of ether oxygens (including phenoxy) is 1. The third-order valence-electron chi connectivity index (χ3n) is 4.64. The van der Waals surface area contributed by atoms with Gasteiger partial charge in [-0.3, -0.25) is 4.79 Å². The molecule has 1 aliphatic rings. The van der Waals surface area contributed by atoms with Crippen LogP contribution in [0.2, 0.25) is 0 Å². The summed E-state index contributed by atoms with van der Waals surface area (Å²) >= 11 is 3.39. The number of carbonyl (C=O) groups excluding carboxylic acids is 1. The van der Waals surface area contributed by atoms with E-state index in [9.17, 15) is 13.2 Å². The molecule has 0 saturated carbocycles. The summed E-state index contributed by atoms with van der Waals surface area (Å²) in [6, 6.07) is 14.1. The zero-order valence-electron chi connectivity index (χ0n) is 16.0. The van der Waals surface area contributed by atoms with E-state index in [0.717, 1.165) is 15.6 Å². The van der Waals surface area contributed by atoms with Crippen molar-refractivity contribution in [3.63, 3.8) is 0 Å². The van der Waals surface area contributed by atoms with Gasteiger partial charge in [0.15, 0.2) is 0 Å². The number of rotatable bonds is 6. The molecule has 1 unspecified atom stereocenters. The quantitative estimate of drug-likeness (QED) is 0.645. The van der Waals surface area contributed by atoms with Crippen molar-refractivity contribution in [2.75, 3.05) is 26.3 Å². The Balaban J connectivity index is 1.60. The maximum Gasteiger partial charge on any atom is 0.244 e. The Morgan fingerprint density at radius 1 is 1.10 bits per heavy atom. The second kappa shape index (κ2) is 9.67. The second-order valence-electron chi connectivity index (χ2n) is 6.70. The first-order chi connectivity index (χ1) is 13.9. The molecule has 1 saturated heterocycles. The average molecular weight is 479 g/mol. The number of nitrogens with one attached hydrogen (secondary N) is 1. The van der Waals surface area contributed by atoms with Crippen LogP contribution in [0, 0.1) is 0 Å². The van der Waals surface area contributed by atoms with Crippen LogP contribution in [0.1, 0.15) is 24.1 Å². The standard InChI is InChI=1S/C21H23BrN2O4S/c1-16(18-5-7-19(22)8-6-18)23-21(25)11-4-17-2-9-20(10-3-17)29(26,27)24-12-14-28-15-13-24/h2-11,16H,12-15H2,1H3,(H,23,25). The summed E-state index contributed by atoms with van der Waals surface area (Å²) in [5.74, 6) is -0.217. The summed E-state index contributed by atoms with van der Waals surface area (Å²) in [4.78, 5) is 12.4. The van der Waals surface area contributed by atoms with Gasteiger partial charge in [-0.1, -0.05) is 40.2 Å². The molecule has 1 atom stereocenters. The van der Waals surface area contributed by atoms with Gasteiger partial charge in [0.05, 0.1) is 24.2 Å². The summed E-state index contributed by atoms with van der Waals surface area (Å²) in [5, 5.41) is 2.91. The van der Waals surface area contributed by atoms with Crippen LogP contribution >= 0.6 is 15.9 Å². The lowest BCUT2D eigenvalue weighted by Crippen LogP contribution is -2.40. The van der Waals surface area contributed by atoms with Crippen LogP contribution in [0.5, 0.6) is 0 Å². The van der Waals surface area contributed by atoms with Gasteiger partial charge in [-0.15, -0.1) is 0 Å². The first-order valence-electron chi connectivity index (χ1n) is 9.28. The van der Waals surface area contributed by atoms with Crippen LogP contribution in [0.4, 0.5) is 0 Å². The molecule has 0 aliphatic carbocycles. The van der Waals surface area contributed by atoms with Gasteiger partial charge in [-0.25, -0.2) is 8.42 Å². The monoisotopic (exact) mass is 478 g/mol. The van der Waals surface area contributed by atoms with Crippen molar-refractivity contribution >= 4 is 37.9 Å². The molecule has 1 heterocycles. The van der Waals surface area contributed by atoms with Crippen molar-refractivity contribution in [1.29, 1.82) is 0 Å². The van der Waals surface area contributed by atoms with E-state index in [4.69, 9.17) is 4.74 Å². The Hall–Kier alpha value is -2.00. The van der Waals surface area contributed by atoms with E-state index in [1.165, 1.54) is 10.4 Å². The predicted octanol–water partition coefficient (Wildman–Crippen LogP) is 3.36. The lowest BCUT2D eigenvalue weighted by atomic mass is 10.1. The summed E-state index contributed by atoms with van der Waals surface area (Å²) < 4.78 is 32.9. The number of halogens is 1. The Bertz CT molecular complexity index is 967. The predicted molar refractivity (Wildman–Crippen MR) is 116 cm³/mol. The molecule has 0 spiro atoms. The van der Waals surface area contributed by atoms with E-state index < -0.39 is 10.0 Å². The zero-order chi connectivity index (χ0) is 20.9. The fourth-order valence-electron chi connectivity index (χ4n) is 2.96. The maximum atomic E-state index is 12.6. The third kappa shape index (κ3) is 5.76. The molecule has 0 radical (unpaired) electrons. The average Bonchev–Trinajstić information content (AvgIpc) is 2.73. The molecular weight excluding hydrogens is 456 g/mol. The third-order valence-corrected chi connectivity index (χ3v) is 7.09. The van der Waals surface area contributed by atoms with Crippen molar-refractivity contribution in [2.24, 2.45) is 0 Å². The van der Waals surface area contributed by atoms with Crippen molar-refractivity contribution in [1.82, 2.24) is 9.62 Å². The summed E-state index contributed by atoms with van der Waals surface area (Å²) in [5.41, 5.74) is 1.75. The zero-order valence-corrected chi connectivity index (χ0v) is 18.4. The van der Waals surface area contributed by atoms with Gasteiger partial charge in [0, 0.05) is 23.6 Å². The van der Waals surface area contributed by atoms with Crippen LogP contribution in [0.25, 0.3) is 6.08 Å². The van der Waals surface area contributed by atoms with Gasteiger partial charge in [-0.2, -0.15) is 4.31 Å². The van der Waals surface area contributed by atoms with Crippen molar-refractivity contribution in [3.8, 4) is 0 Å². The fraction of sp³-hybridized carbons (Fsp3) is 0.286. The number of benzene rings is 2. The van der Waals surface area contributed by atoms with Gasteiger partial charge >= 0.3 is 0 Å². The number of hydrogen-bond donors (Lipinski definition) is 1. The second-order valence-corrected chi connectivity index (χ2v) is 9.55. The van der Waals surface area contributed by atoms with Crippen molar-refractivity contribution in [3.05, 3.63) is 70.2 Å². The van der Waals surface area contributed by atoms with E-state index in [-0.39, 0.29) is 16.8 Å². The number of hydrogen-bond acceptors (Lipinski definition) is 4. The molecule has 2 aromatic carbocycles. The molecule has 6 nitrogen and oxygen atoms in total. The number of carbonyl (C=O) groups is 1. The van der Waals surface area contributed by atoms with Crippen LogP contribution < -0.4 is 5.32 Å². The first kappa shape index (κ1) is 21.7.